The summed E-state index contributed by atoms with van der Waals surface area (Å²) in [4.78, 5) is 3.97. The van der Waals surface area contributed by atoms with Crippen molar-refractivity contribution in [3.05, 3.63) is 29.8 Å². The Balaban J connectivity index is 1.90. The molecule has 0 N–H and O–H groups in total. The smallest absolute Gasteiger partial charge is 0.0391 e. The third kappa shape index (κ3) is 4.57. The van der Waals surface area contributed by atoms with Crippen molar-refractivity contribution in [2.75, 3.05) is 19.6 Å². The highest BCUT2D eigenvalue weighted by Gasteiger charge is 2.21. The molecule has 1 aliphatic heterocycles. The van der Waals surface area contributed by atoms with Gasteiger partial charge in [0, 0.05) is 22.7 Å². The van der Waals surface area contributed by atoms with Gasteiger partial charge in [0.15, 0.2) is 0 Å². The number of likely N-dealkylation sites (tertiary alicyclic amines) is 1. The zero-order valence-corrected chi connectivity index (χ0v) is 14.2. The number of benzene rings is 1. The van der Waals surface area contributed by atoms with E-state index in [2.05, 4.69) is 43.0 Å². The van der Waals surface area contributed by atoms with E-state index in [0.717, 1.165) is 18.3 Å². The first-order valence-corrected chi connectivity index (χ1v) is 8.96. The monoisotopic (exact) mass is 307 g/mol. The first-order chi connectivity index (χ1) is 9.70. The molecule has 0 saturated carbocycles. The molecule has 20 heavy (non-hydrogen) atoms. The Kier molecular flexibility index (Phi) is 6.53. The van der Waals surface area contributed by atoms with Gasteiger partial charge in [0.2, 0.25) is 0 Å². The van der Waals surface area contributed by atoms with E-state index in [4.69, 9.17) is 12.2 Å². The van der Waals surface area contributed by atoms with Gasteiger partial charge < -0.3 is 4.90 Å². The Morgan fingerprint density at radius 3 is 2.95 bits per heavy atom. The Bertz CT molecular complexity index is 431. The maximum absolute atomic E-state index is 4.97. The average molecular weight is 308 g/mol. The number of hydrogen-bond donors (Lipinski definition) is 0. The molecule has 1 nitrogen and oxygen atoms in total. The molecular formula is C17H25NS2. The minimum atomic E-state index is 0.815. The molecule has 1 saturated heterocycles. The van der Waals surface area contributed by atoms with Gasteiger partial charge in [-0.25, -0.2) is 0 Å². The first-order valence-electron chi connectivity index (χ1n) is 7.61. The molecule has 2 rings (SSSR count). The lowest BCUT2D eigenvalue weighted by molar-refractivity contribution is 0.147. The average Bonchev–Trinajstić information content (AvgIpc) is 2.47. The summed E-state index contributed by atoms with van der Waals surface area (Å²) in [7, 11) is 0. The third-order valence-corrected chi connectivity index (χ3v) is 5.37. The molecule has 1 heterocycles. The number of thiocarbonyl (C=S) groups is 1. The van der Waals surface area contributed by atoms with Crippen molar-refractivity contribution < 1.29 is 0 Å². The minimum Gasteiger partial charge on any atom is -0.303 e. The summed E-state index contributed by atoms with van der Waals surface area (Å²) in [6, 6.07) is 8.65. The molecule has 0 aliphatic carbocycles. The molecule has 1 aromatic carbocycles. The molecule has 1 unspecified atom stereocenters. The Hall–Kier alpha value is -0.380. The Morgan fingerprint density at radius 1 is 1.40 bits per heavy atom. The van der Waals surface area contributed by atoms with E-state index in [9.17, 15) is 0 Å². The standard InChI is InChI=1S/C17H25NS2/c1-14(2)16-7-5-10-18(12-16)11-9-15-6-3-4-8-17(15)20-13-19/h3-4,6,8,13-14,16H,5,7,9-12H2,1-2H3. The summed E-state index contributed by atoms with van der Waals surface area (Å²) in [5.41, 5.74) is 1.44. The highest BCUT2D eigenvalue weighted by molar-refractivity contribution is 8.20. The lowest BCUT2D eigenvalue weighted by Crippen LogP contribution is -2.38. The van der Waals surface area contributed by atoms with E-state index in [1.165, 1.54) is 42.9 Å². The molecule has 0 spiro atoms. The van der Waals surface area contributed by atoms with Crippen LogP contribution in [0.25, 0.3) is 0 Å². The van der Waals surface area contributed by atoms with Gasteiger partial charge in [0.1, 0.15) is 0 Å². The molecular weight excluding hydrogens is 282 g/mol. The molecule has 1 atom stereocenters. The van der Waals surface area contributed by atoms with Gasteiger partial charge in [-0.1, -0.05) is 56.0 Å². The summed E-state index contributed by atoms with van der Waals surface area (Å²) in [6.07, 6.45) is 3.90. The first kappa shape index (κ1) is 16.0. The Morgan fingerprint density at radius 2 is 2.20 bits per heavy atom. The SMILES string of the molecule is CC(C)C1CCCN(CCc2ccccc2SC=S)C1. The molecule has 0 aromatic heterocycles. The lowest BCUT2D eigenvalue weighted by atomic mass is 9.88. The summed E-state index contributed by atoms with van der Waals surface area (Å²) in [5.74, 6) is 1.70. The largest absolute Gasteiger partial charge is 0.303 e. The predicted molar refractivity (Wildman–Crippen MR) is 93.7 cm³/mol. The van der Waals surface area contributed by atoms with Crippen LogP contribution in [0.2, 0.25) is 0 Å². The second-order valence-corrected chi connectivity index (χ2v) is 7.46. The molecule has 110 valence electrons. The fourth-order valence-electron chi connectivity index (χ4n) is 2.99. The number of hydrogen-bond acceptors (Lipinski definition) is 3. The third-order valence-electron chi connectivity index (χ3n) is 4.33. The van der Waals surface area contributed by atoms with E-state index in [1.54, 1.807) is 16.5 Å². The van der Waals surface area contributed by atoms with Crippen LogP contribution < -0.4 is 0 Å². The molecule has 0 bridgehead atoms. The fraction of sp³-hybridized carbons (Fsp3) is 0.588. The molecule has 3 heteroatoms. The van der Waals surface area contributed by atoms with Crippen molar-refractivity contribution in [2.45, 2.75) is 38.0 Å². The quantitative estimate of drug-likeness (QED) is 0.556. The van der Waals surface area contributed by atoms with Gasteiger partial charge in [0.25, 0.3) is 0 Å². The molecule has 1 aromatic rings. The van der Waals surface area contributed by atoms with Crippen molar-refractivity contribution in [1.29, 1.82) is 0 Å². The highest BCUT2D eigenvalue weighted by Crippen LogP contribution is 2.25. The molecule has 1 aliphatic rings. The number of nitrogens with zero attached hydrogens (tertiary/aromatic N) is 1. The minimum absolute atomic E-state index is 0.815. The molecule has 0 radical (unpaired) electrons. The van der Waals surface area contributed by atoms with Crippen molar-refractivity contribution in [3.8, 4) is 0 Å². The zero-order chi connectivity index (χ0) is 14.4. The van der Waals surface area contributed by atoms with E-state index >= 15 is 0 Å². The maximum Gasteiger partial charge on any atom is 0.0391 e. The lowest BCUT2D eigenvalue weighted by Gasteiger charge is -2.34. The number of piperidine rings is 1. The van der Waals surface area contributed by atoms with Gasteiger partial charge >= 0.3 is 0 Å². The van der Waals surface area contributed by atoms with Gasteiger partial charge in [-0.05, 0) is 49.3 Å². The second kappa shape index (κ2) is 8.16. The summed E-state index contributed by atoms with van der Waals surface area (Å²) < 4.78 is 1.76. The van der Waals surface area contributed by atoms with Crippen molar-refractivity contribution in [1.82, 2.24) is 4.90 Å². The van der Waals surface area contributed by atoms with Crippen LogP contribution in [0, 0.1) is 11.8 Å². The van der Waals surface area contributed by atoms with E-state index < -0.39 is 0 Å². The van der Waals surface area contributed by atoms with Crippen LogP contribution in [-0.4, -0.2) is 29.2 Å². The van der Waals surface area contributed by atoms with Crippen molar-refractivity contribution >= 4 is 28.7 Å². The summed E-state index contributed by atoms with van der Waals surface area (Å²) in [6.45, 7) is 8.45. The number of rotatable bonds is 6. The van der Waals surface area contributed by atoms with Gasteiger partial charge in [-0.3, -0.25) is 0 Å². The topological polar surface area (TPSA) is 3.24 Å². The van der Waals surface area contributed by atoms with Crippen LogP contribution in [0.15, 0.2) is 29.2 Å². The van der Waals surface area contributed by atoms with Gasteiger partial charge in [-0.15, -0.1) is 0 Å². The van der Waals surface area contributed by atoms with E-state index in [-0.39, 0.29) is 0 Å². The van der Waals surface area contributed by atoms with Crippen LogP contribution in [0.1, 0.15) is 32.3 Å². The van der Waals surface area contributed by atoms with Crippen molar-refractivity contribution in [2.24, 2.45) is 11.8 Å². The predicted octanol–water partition coefficient (Wildman–Crippen LogP) is 4.65. The number of thioether (sulfide) groups is 1. The van der Waals surface area contributed by atoms with Crippen LogP contribution in [-0.2, 0) is 6.42 Å². The van der Waals surface area contributed by atoms with Crippen LogP contribution >= 0.6 is 24.0 Å². The highest BCUT2D eigenvalue weighted by atomic mass is 32.2. The van der Waals surface area contributed by atoms with E-state index in [1.807, 2.05) is 0 Å². The summed E-state index contributed by atoms with van der Waals surface area (Å²) in [5, 5.41) is 0. The van der Waals surface area contributed by atoms with E-state index in [0.29, 0.717) is 0 Å². The Labute approximate surface area is 133 Å². The second-order valence-electron chi connectivity index (χ2n) is 6.02. The fourth-order valence-corrected chi connectivity index (χ4v) is 3.89. The summed E-state index contributed by atoms with van der Waals surface area (Å²) >= 11 is 6.64. The zero-order valence-electron chi connectivity index (χ0n) is 12.5. The van der Waals surface area contributed by atoms with Crippen LogP contribution in [0.4, 0.5) is 0 Å². The van der Waals surface area contributed by atoms with Crippen LogP contribution in [0.5, 0.6) is 0 Å². The molecule has 0 amide bonds. The molecule has 1 fully saturated rings. The van der Waals surface area contributed by atoms with Gasteiger partial charge in [-0.2, -0.15) is 0 Å². The van der Waals surface area contributed by atoms with Crippen LogP contribution in [0.3, 0.4) is 0 Å². The van der Waals surface area contributed by atoms with Gasteiger partial charge in [0.05, 0.1) is 0 Å². The maximum atomic E-state index is 4.97. The van der Waals surface area contributed by atoms with Crippen molar-refractivity contribution in [3.63, 3.8) is 0 Å². The normalized spacial score (nSPS) is 20.2.